The van der Waals surface area contributed by atoms with E-state index < -0.39 is 32.2 Å². The van der Waals surface area contributed by atoms with E-state index in [1.165, 1.54) is 13.8 Å². The molecule has 0 bridgehead atoms. The second kappa shape index (κ2) is 5.30. The summed E-state index contributed by atoms with van der Waals surface area (Å²) in [5, 5.41) is 0. The minimum atomic E-state index is -4.62. The number of thiocarbonyl (C=S) groups is 1. The van der Waals surface area contributed by atoms with Crippen molar-refractivity contribution in [1.29, 1.82) is 0 Å². The molecule has 0 fully saturated rings. The van der Waals surface area contributed by atoms with E-state index in [4.69, 9.17) is 18.0 Å². The zero-order valence-electron chi connectivity index (χ0n) is 10.7. The standard InChI is InChI=1S/C11H13F3N2O2S2/c1-10(2,9(15)19)16-20(17,18)8-5-3-4-7(6-8)11(12,13)14/h3-6,16H,1-2H3,(H2,15,19). The highest BCUT2D eigenvalue weighted by atomic mass is 32.2. The van der Waals surface area contributed by atoms with Crippen molar-refractivity contribution < 1.29 is 21.6 Å². The van der Waals surface area contributed by atoms with E-state index in [1.807, 2.05) is 0 Å². The van der Waals surface area contributed by atoms with Crippen molar-refractivity contribution in [3.63, 3.8) is 0 Å². The maximum absolute atomic E-state index is 12.6. The fourth-order valence-electron chi connectivity index (χ4n) is 1.28. The maximum atomic E-state index is 12.6. The van der Waals surface area contributed by atoms with Gasteiger partial charge in [0.2, 0.25) is 10.0 Å². The molecule has 0 unspecified atom stereocenters. The molecule has 9 heteroatoms. The normalized spacial score (nSPS) is 13.2. The molecule has 0 aliphatic carbocycles. The molecule has 0 aliphatic heterocycles. The Hall–Kier alpha value is -1.19. The van der Waals surface area contributed by atoms with Crippen LogP contribution in [-0.2, 0) is 16.2 Å². The van der Waals surface area contributed by atoms with Crippen molar-refractivity contribution in [1.82, 2.24) is 4.72 Å². The summed E-state index contributed by atoms with van der Waals surface area (Å²) < 4.78 is 63.9. The number of hydrogen-bond acceptors (Lipinski definition) is 3. The zero-order chi connectivity index (χ0) is 15.8. The summed E-state index contributed by atoms with van der Waals surface area (Å²) in [5.41, 5.74) is 3.08. The first kappa shape index (κ1) is 16.9. The van der Waals surface area contributed by atoms with E-state index in [2.05, 4.69) is 4.72 Å². The lowest BCUT2D eigenvalue weighted by Gasteiger charge is -2.24. The van der Waals surface area contributed by atoms with E-state index in [9.17, 15) is 21.6 Å². The van der Waals surface area contributed by atoms with Crippen LogP contribution in [0, 0.1) is 0 Å². The monoisotopic (exact) mass is 326 g/mol. The number of benzene rings is 1. The summed E-state index contributed by atoms with van der Waals surface area (Å²) in [6, 6.07) is 3.42. The molecule has 112 valence electrons. The van der Waals surface area contributed by atoms with Crippen LogP contribution in [0.4, 0.5) is 13.2 Å². The summed E-state index contributed by atoms with van der Waals surface area (Å²) in [4.78, 5) is -0.621. The van der Waals surface area contributed by atoms with Gasteiger partial charge in [-0.25, -0.2) is 8.42 Å². The molecular formula is C11H13F3N2O2S2. The molecule has 0 spiro atoms. The highest BCUT2D eigenvalue weighted by molar-refractivity contribution is 7.89. The van der Waals surface area contributed by atoms with Crippen LogP contribution in [0.5, 0.6) is 0 Å². The molecule has 20 heavy (non-hydrogen) atoms. The van der Waals surface area contributed by atoms with Gasteiger partial charge in [-0.3, -0.25) is 0 Å². The Morgan fingerprint density at radius 3 is 2.30 bits per heavy atom. The van der Waals surface area contributed by atoms with E-state index in [0.29, 0.717) is 6.07 Å². The van der Waals surface area contributed by atoms with Crippen molar-refractivity contribution in [2.75, 3.05) is 0 Å². The number of halogens is 3. The Morgan fingerprint density at radius 1 is 1.30 bits per heavy atom. The minimum Gasteiger partial charge on any atom is -0.392 e. The van der Waals surface area contributed by atoms with Crippen LogP contribution in [0.25, 0.3) is 0 Å². The Balaban J connectivity index is 3.21. The average molecular weight is 326 g/mol. The highest BCUT2D eigenvalue weighted by Crippen LogP contribution is 2.30. The van der Waals surface area contributed by atoms with Crippen molar-refractivity contribution in [2.45, 2.75) is 30.5 Å². The van der Waals surface area contributed by atoms with Crippen molar-refractivity contribution in [2.24, 2.45) is 5.73 Å². The van der Waals surface area contributed by atoms with Gasteiger partial charge < -0.3 is 5.73 Å². The molecule has 0 aromatic heterocycles. The van der Waals surface area contributed by atoms with Gasteiger partial charge in [-0.1, -0.05) is 18.3 Å². The third-order valence-corrected chi connectivity index (χ3v) is 4.64. The molecule has 0 amide bonds. The van der Waals surface area contributed by atoms with Gasteiger partial charge in [0, 0.05) is 0 Å². The van der Waals surface area contributed by atoms with E-state index in [0.717, 1.165) is 18.2 Å². The fourth-order valence-corrected chi connectivity index (χ4v) is 2.84. The molecule has 0 heterocycles. The van der Waals surface area contributed by atoms with E-state index >= 15 is 0 Å². The Morgan fingerprint density at radius 2 is 1.85 bits per heavy atom. The molecule has 4 nitrogen and oxygen atoms in total. The molecule has 0 saturated heterocycles. The van der Waals surface area contributed by atoms with Crippen LogP contribution in [0.3, 0.4) is 0 Å². The van der Waals surface area contributed by atoms with Crippen LogP contribution >= 0.6 is 12.2 Å². The summed E-state index contributed by atoms with van der Waals surface area (Å²) in [6.45, 7) is 2.83. The molecule has 0 radical (unpaired) electrons. The molecular weight excluding hydrogens is 313 g/mol. The van der Waals surface area contributed by atoms with Crippen LogP contribution in [-0.4, -0.2) is 18.9 Å². The van der Waals surface area contributed by atoms with Crippen molar-refractivity contribution in [3.8, 4) is 0 Å². The van der Waals surface area contributed by atoms with Gasteiger partial charge in [0.15, 0.2) is 0 Å². The van der Waals surface area contributed by atoms with E-state index in [-0.39, 0.29) is 4.99 Å². The number of sulfonamides is 1. The highest BCUT2D eigenvalue weighted by Gasteiger charge is 2.33. The maximum Gasteiger partial charge on any atom is 0.416 e. The molecule has 3 N–H and O–H groups in total. The Bertz CT molecular complexity index is 625. The van der Waals surface area contributed by atoms with Crippen molar-refractivity contribution >= 4 is 27.2 Å². The van der Waals surface area contributed by atoms with Crippen LogP contribution in [0.2, 0.25) is 0 Å². The third-order valence-electron chi connectivity index (χ3n) is 2.48. The summed E-state index contributed by atoms with van der Waals surface area (Å²) in [7, 11) is -4.16. The van der Waals surface area contributed by atoms with E-state index in [1.54, 1.807) is 0 Å². The average Bonchev–Trinajstić information content (AvgIpc) is 2.26. The largest absolute Gasteiger partial charge is 0.416 e. The molecule has 0 atom stereocenters. The predicted molar refractivity (Wildman–Crippen MR) is 72.6 cm³/mol. The smallest absolute Gasteiger partial charge is 0.392 e. The first-order valence-electron chi connectivity index (χ1n) is 5.37. The Labute approximate surface area is 120 Å². The molecule has 1 rings (SSSR count). The molecule has 0 aliphatic rings. The lowest BCUT2D eigenvalue weighted by Crippen LogP contribution is -2.51. The number of nitrogens with two attached hydrogens (primary N) is 1. The minimum absolute atomic E-state index is 0.118. The van der Waals surface area contributed by atoms with Gasteiger partial charge in [0.05, 0.1) is 21.0 Å². The van der Waals surface area contributed by atoms with Gasteiger partial charge >= 0.3 is 6.18 Å². The summed E-state index contributed by atoms with van der Waals surface area (Å²) in [5.74, 6) is 0. The quantitative estimate of drug-likeness (QED) is 0.831. The first-order valence-corrected chi connectivity index (χ1v) is 7.26. The Kier molecular flexibility index (Phi) is 4.47. The molecule has 1 aromatic carbocycles. The molecule has 1 aromatic rings. The number of alkyl halides is 3. The third kappa shape index (κ3) is 3.90. The van der Waals surface area contributed by atoms with Gasteiger partial charge in [0.1, 0.15) is 0 Å². The first-order chi connectivity index (χ1) is 8.86. The lowest BCUT2D eigenvalue weighted by atomic mass is 10.1. The number of rotatable bonds is 4. The van der Waals surface area contributed by atoms with Crippen LogP contribution in [0.1, 0.15) is 19.4 Å². The van der Waals surface area contributed by atoms with Gasteiger partial charge in [-0.05, 0) is 32.0 Å². The molecule has 0 saturated carbocycles. The second-order valence-electron chi connectivity index (χ2n) is 4.62. The zero-order valence-corrected chi connectivity index (χ0v) is 12.3. The predicted octanol–water partition coefficient (Wildman–Crippen LogP) is 2.05. The van der Waals surface area contributed by atoms with Gasteiger partial charge in [0.25, 0.3) is 0 Å². The van der Waals surface area contributed by atoms with Crippen molar-refractivity contribution in [3.05, 3.63) is 29.8 Å². The fraction of sp³-hybridized carbons (Fsp3) is 0.364. The lowest BCUT2D eigenvalue weighted by molar-refractivity contribution is -0.137. The SMILES string of the molecule is CC(C)(NS(=O)(=O)c1cccc(C(F)(F)F)c1)C(N)=S. The topological polar surface area (TPSA) is 72.2 Å². The van der Waals surface area contributed by atoms with Gasteiger partial charge in [-0.15, -0.1) is 0 Å². The van der Waals surface area contributed by atoms with Crippen LogP contribution in [0.15, 0.2) is 29.2 Å². The number of hydrogen-bond donors (Lipinski definition) is 2. The summed E-state index contributed by atoms with van der Waals surface area (Å²) in [6.07, 6.45) is -4.62. The van der Waals surface area contributed by atoms with Crippen LogP contribution < -0.4 is 10.5 Å². The van der Waals surface area contributed by atoms with Gasteiger partial charge in [-0.2, -0.15) is 17.9 Å². The summed E-state index contributed by atoms with van der Waals surface area (Å²) >= 11 is 4.71. The number of nitrogens with one attached hydrogen (secondary N) is 1. The second-order valence-corrected chi connectivity index (χ2v) is 6.74.